The molecule has 2 rings (SSSR count). The van der Waals surface area contributed by atoms with Crippen LogP contribution in [0.2, 0.25) is 0 Å². The highest BCUT2D eigenvalue weighted by Crippen LogP contribution is 2.23. The second-order valence-corrected chi connectivity index (χ2v) is 3.90. The zero-order valence-electron chi connectivity index (χ0n) is 9.84. The van der Waals surface area contributed by atoms with Gasteiger partial charge in [-0.3, -0.25) is 0 Å². The molecule has 5 heteroatoms. The molecule has 0 radical (unpaired) electrons. The molecule has 1 unspecified atom stereocenters. The quantitative estimate of drug-likeness (QED) is 0.844. The number of aromatic hydroxyl groups is 1. The van der Waals surface area contributed by atoms with Gasteiger partial charge >= 0.3 is 0 Å². The van der Waals surface area contributed by atoms with Gasteiger partial charge in [-0.2, -0.15) is 4.98 Å². The number of nitrogens with zero attached hydrogens (tertiary/aromatic N) is 2. The second-order valence-electron chi connectivity index (χ2n) is 3.90. The molecule has 0 saturated heterocycles. The van der Waals surface area contributed by atoms with Crippen LogP contribution in [-0.4, -0.2) is 15.2 Å². The highest BCUT2D eigenvalue weighted by atomic mass is 16.5. The first-order chi connectivity index (χ1) is 8.16. The van der Waals surface area contributed by atoms with E-state index in [0.29, 0.717) is 18.3 Å². The Morgan fingerprint density at radius 2 is 2.18 bits per heavy atom. The lowest BCUT2D eigenvalue weighted by molar-refractivity contribution is 0.355. The van der Waals surface area contributed by atoms with Crippen molar-refractivity contribution in [3.05, 3.63) is 41.5 Å². The minimum atomic E-state index is 0.0170. The van der Waals surface area contributed by atoms with Crippen molar-refractivity contribution in [1.29, 1.82) is 0 Å². The fourth-order valence-corrected chi connectivity index (χ4v) is 1.62. The van der Waals surface area contributed by atoms with Gasteiger partial charge in [0.05, 0.1) is 6.54 Å². The molecule has 0 spiro atoms. The summed E-state index contributed by atoms with van der Waals surface area (Å²) >= 11 is 0. The minimum Gasteiger partial charge on any atom is -0.508 e. The van der Waals surface area contributed by atoms with Gasteiger partial charge in [-0.05, 0) is 19.9 Å². The van der Waals surface area contributed by atoms with Gasteiger partial charge < -0.3 is 14.9 Å². The van der Waals surface area contributed by atoms with Crippen LogP contribution in [0.1, 0.15) is 30.2 Å². The van der Waals surface area contributed by atoms with Crippen molar-refractivity contribution in [2.75, 3.05) is 0 Å². The normalized spacial score (nSPS) is 12.6. The number of aryl methyl sites for hydroxylation is 1. The number of phenols is 1. The fraction of sp³-hybridized carbons (Fsp3) is 0.333. The molecule has 1 aromatic heterocycles. The van der Waals surface area contributed by atoms with E-state index in [4.69, 9.17) is 4.52 Å². The van der Waals surface area contributed by atoms with Crippen molar-refractivity contribution in [3.63, 3.8) is 0 Å². The molecule has 0 fully saturated rings. The van der Waals surface area contributed by atoms with Gasteiger partial charge in [-0.1, -0.05) is 23.4 Å². The lowest BCUT2D eigenvalue weighted by Crippen LogP contribution is -2.18. The van der Waals surface area contributed by atoms with Crippen molar-refractivity contribution in [2.24, 2.45) is 0 Å². The zero-order chi connectivity index (χ0) is 12.3. The van der Waals surface area contributed by atoms with E-state index < -0.39 is 0 Å². The second kappa shape index (κ2) is 4.97. The summed E-state index contributed by atoms with van der Waals surface area (Å²) in [6.45, 7) is 4.23. The van der Waals surface area contributed by atoms with Crippen molar-refractivity contribution < 1.29 is 9.63 Å². The third-order valence-corrected chi connectivity index (χ3v) is 2.53. The average molecular weight is 233 g/mol. The summed E-state index contributed by atoms with van der Waals surface area (Å²) in [7, 11) is 0. The largest absolute Gasteiger partial charge is 0.508 e. The van der Waals surface area contributed by atoms with Gasteiger partial charge in [0.15, 0.2) is 5.82 Å². The summed E-state index contributed by atoms with van der Waals surface area (Å²) in [6, 6.07) is 7.26. The Bertz CT molecular complexity index is 496. The van der Waals surface area contributed by atoms with Crippen LogP contribution in [-0.2, 0) is 6.54 Å². The van der Waals surface area contributed by atoms with Gasteiger partial charge in [0.1, 0.15) is 5.75 Å². The predicted octanol–water partition coefficient (Wildman–Crippen LogP) is 1.93. The number of benzene rings is 1. The number of phenolic OH excluding ortho intramolecular Hbond substituents is 1. The Balaban J connectivity index is 1.98. The molecule has 0 saturated carbocycles. The van der Waals surface area contributed by atoms with Crippen LogP contribution >= 0.6 is 0 Å². The maximum Gasteiger partial charge on any atom is 0.240 e. The Labute approximate surface area is 99.5 Å². The topological polar surface area (TPSA) is 71.2 Å². The van der Waals surface area contributed by atoms with Crippen LogP contribution in [0.25, 0.3) is 0 Å². The van der Waals surface area contributed by atoms with Gasteiger partial charge in [-0.25, -0.2) is 0 Å². The molecule has 5 nitrogen and oxygen atoms in total. The van der Waals surface area contributed by atoms with E-state index >= 15 is 0 Å². The molecule has 2 aromatic rings. The van der Waals surface area contributed by atoms with Crippen LogP contribution in [0, 0.1) is 6.92 Å². The molecule has 1 heterocycles. The molecule has 0 amide bonds. The summed E-state index contributed by atoms with van der Waals surface area (Å²) in [5, 5.41) is 16.6. The zero-order valence-corrected chi connectivity index (χ0v) is 9.84. The van der Waals surface area contributed by atoms with Crippen molar-refractivity contribution >= 4 is 0 Å². The Kier molecular flexibility index (Phi) is 3.39. The standard InChI is InChI=1S/C12H15N3O2/c1-8(10-5-3-4-6-11(10)16)13-7-12-14-9(2)15-17-12/h3-6,8,13,16H,7H2,1-2H3. The first kappa shape index (κ1) is 11.6. The van der Waals surface area contributed by atoms with Gasteiger partial charge in [0.2, 0.25) is 5.89 Å². The lowest BCUT2D eigenvalue weighted by atomic mass is 10.1. The number of aromatic nitrogens is 2. The molecule has 0 aliphatic rings. The maximum atomic E-state index is 9.69. The van der Waals surface area contributed by atoms with E-state index in [1.807, 2.05) is 19.1 Å². The molecule has 2 N–H and O–H groups in total. The third kappa shape index (κ3) is 2.82. The number of hydrogen-bond donors (Lipinski definition) is 2. The molecule has 0 aliphatic heterocycles. The van der Waals surface area contributed by atoms with Crippen molar-refractivity contribution in [2.45, 2.75) is 26.4 Å². The smallest absolute Gasteiger partial charge is 0.240 e. The summed E-state index contributed by atoms with van der Waals surface area (Å²) in [5.74, 6) is 1.45. The van der Waals surface area contributed by atoms with Gasteiger partial charge in [0.25, 0.3) is 0 Å². The molecule has 0 bridgehead atoms. The summed E-state index contributed by atoms with van der Waals surface area (Å²) < 4.78 is 4.99. The van der Waals surface area contributed by atoms with E-state index in [1.165, 1.54) is 0 Å². The molecule has 0 aliphatic carbocycles. The van der Waals surface area contributed by atoms with E-state index in [2.05, 4.69) is 15.5 Å². The third-order valence-electron chi connectivity index (χ3n) is 2.53. The van der Waals surface area contributed by atoms with Crippen LogP contribution in [0.5, 0.6) is 5.75 Å². The summed E-state index contributed by atoms with van der Waals surface area (Å²) in [5.41, 5.74) is 0.851. The minimum absolute atomic E-state index is 0.0170. The van der Waals surface area contributed by atoms with E-state index in [1.54, 1.807) is 19.1 Å². The first-order valence-corrected chi connectivity index (χ1v) is 5.47. The molecular formula is C12H15N3O2. The first-order valence-electron chi connectivity index (χ1n) is 5.47. The van der Waals surface area contributed by atoms with Crippen LogP contribution in [0.4, 0.5) is 0 Å². The summed E-state index contributed by atoms with van der Waals surface area (Å²) in [6.07, 6.45) is 0. The SMILES string of the molecule is Cc1noc(CNC(C)c2ccccc2O)n1. The number of hydrogen-bond acceptors (Lipinski definition) is 5. The van der Waals surface area contributed by atoms with Crippen LogP contribution < -0.4 is 5.32 Å². The van der Waals surface area contributed by atoms with Crippen molar-refractivity contribution in [1.82, 2.24) is 15.5 Å². The number of para-hydroxylation sites is 1. The highest BCUT2D eigenvalue weighted by molar-refractivity contribution is 5.34. The Morgan fingerprint density at radius 3 is 2.82 bits per heavy atom. The van der Waals surface area contributed by atoms with E-state index in [9.17, 15) is 5.11 Å². The summed E-state index contributed by atoms with van der Waals surface area (Å²) in [4.78, 5) is 4.10. The molecule has 1 atom stereocenters. The average Bonchev–Trinajstić information content (AvgIpc) is 2.73. The fourth-order valence-electron chi connectivity index (χ4n) is 1.62. The Hall–Kier alpha value is -1.88. The Morgan fingerprint density at radius 1 is 1.41 bits per heavy atom. The lowest BCUT2D eigenvalue weighted by Gasteiger charge is -2.13. The molecule has 90 valence electrons. The monoisotopic (exact) mass is 233 g/mol. The molecule has 1 aromatic carbocycles. The maximum absolute atomic E-state index is 9.69. The van der Waals surface area contributed by atoms with Crippen LogP contribution in [0.15, 0.2) is 28.8 Å². The van der Waals surface area contributed by atoms with E-state index in [-0.39, 0.29) is 11.8 Å². The molecular weight excluding hydrogens is 218 g/mol. The van der Waals surface area contributed by atoms with Crippen LogP contribution in [0.3, 0.4) is 0 Å². The van der Waals surface area contributed by atoms with Gasteiger partial charge in [-0.15, -0.1) is 0 Å². The highest BCUT2D eigenvalue weighted by Gasteiger charge is 2.10. The van der Waals surface area contributed by atoms with E-state index in [0.717, 1.165) is 5.56 Å². The molecule has 17 heavy (non-hydrogen) atoms. The van der Waals surface area contributed by atoms with Gasteiger partial charge in [0, 0.05) is 11.6 Å². The number of rotatable bonds is 4. The predicted molar refractivity (Wildman–Crippen MR) is 62.4 cm³/mol. The van der Waals surface area contributed by atoms with Crippen molar-refractivity contribution in [3.8, 4) is 5.75 Å². The number of nitrogens with one attached hydrogen (secondary N) is 1.